The fourth-order valence-electron chi connectivity index (χ4n) is 3.50. The van der Waals surface area contributed by atoms with Crippen molar-refractivity contribution in [2.75, 3.05) is 0 Å². The van der Waals surface area contributed by atoms with Gasteiger partial charge in [-0.25, -0.2) is 18.7 Å². The van der Waals surface area contributed by atoms with Gasteiger partial charge in [0.25, 0.3) is 5.56 Å². The number of rotatable bonds is 6. The zero-order valence-electron chi connectivity index (χ0n) is 17.0. The number of halogens is 1. The third kappa shape index (κ3) is 3.58. The second kappa shape index (κ2) is 8.10. The van der Waals surface area contributed by atoms with E-state index in [9.17, 15) is 14.0 Å². The van der Waals surface area contributed by atoms with Crippen molar-refractivity contribution in [3.8, 4) is 5.69 Å². The molecule has 6 nitrogen and oxygen atoms in total. The second-order valence-electron chi connectivity index (χ2n) is 7.73. The summed E-state index contributed by atoms with van der Waals surface area (Å²) in [5, 5.41) is 0. The molecule has 30 heavy (non-hydrogen) atoms. The highest BCUT2D eigenvalue weighted by molar-refractivity contribution is 5.72. The summed E-state index contributed by atoms with van der Waals surface area (Å²) in [4.78, 5) is 30.9. The van der Waals surface area contributed by atoms with Crippen molar-refractivity contribution >= 4 is 11.2 Å². The van der Waals surface area contributed by atoms with Crippen LogP contribution in [-0.4, -0.2) is 18.7 Å². The van der Waals surface area contributed by atoms with Gasteiger partial charge in [0.1, 0.15) is 5.82 Å². The van der Waals surface area contributed by atoms with Gasteiger partial charge in [0, 0.05) is 12.1 Å². The summed E-state index contributed by atoms with van der Waals surface area (Å²) in [7, 11) is 0. The van der Waals surface area contributed by atoms with Crippen molar-refractivity contribution in [3.05, 3.63) is 93.1 Å². The number of hydrogen-bond donors (Lipinski definition) is 0. The van der Waals surface area contributed by atoms with E-state index >= 15 is 0 Å². The molecular formula is C23H23FN4O2. The minimum absolute atomic E-state index is 0.148. The number of benzene rings is 2. The third-order valence-corrected chi connectivity index (χ3v) is 5.14. The molecule has 2 heterocycles. The second-order valence-corrected chi connectivity index (χ2v) is 7.73. The Labute approximate surface area is 172 Å². The van der Waals surface area contributed by atoms with Crippen LogP contribution in [0.5, 0.6) is 0 Å². The van der Waals surface area contributed by atoms with Crippen LogP contribution in [0.3, 0.4) is 0 Å². The lowest BCUT2D eigenvalue weighted by Gasteiger charge is -2.13. The van der Waals surface area contributed by atoms with Crippen molar-refractivity contribution in [2.24, 2.45) is 5.92 Å². The van der Waals surface area contributed by atoms with Crippen LogP contribution in [0.1, 0.15) is 25.8 Å². The van der Waals surface area contributed by atoms with Gasteiger partial charge in [-0.15, -0.1) is 0 Å². The molecule has 2 aromatic carbocycles. The smallest absolute Gasteiger partial charge is 0.320 e. The summed E-state index contributed by atoms with van der Waals surface area (Å²) in [6.45, 7) is 4.54. The van der Waals surface area contributed by atoms with Crippen LogP contribution in [-0.2, 0) is 13.1 Å². The largest absolute Gasteiger partial charge is 0.337 e. The van der Waals surface area contributed by atoms with Crippen LogP contribution in [0.2, 0.25) is 0 Å². The average Bonchev–Trinajstić information content (AvgIpc) is 3.14. The van der Waals surface area contributed by atoms with E-state index in [1.54, 1.807) is 34.9 Å². The Balaban J connectivity index is 1.97. The monoisotopic (exact) mass is 406 g/mol. The molecule has 0 fully saturated rings. The Bertz CT molecular complexity index is 1300. The molecule has 0 atom stereocenters. The van der Waals surface area contributed by atoms with Crippen LogP contribution in [0, 0.1) is 11.7 Å². The van der Waals surface area contributed by atoms with E-state index in [1.165, 1.54) is 21.5 Å². The predicted octanol–water partition coefficient (Wildman–Crippen LogP) is 3.58. The molecule has 2 aromatic heterocycles. The molecule has 0 amide bonds. The summed E-state index contributed by atoms with van der Waals surface area (Å²) in [6, 6.07) is 15.5. The van der Waals surface area contributed by atoms with Crippen LogP contribution in [0.25, 0.3) is 16.9 Å². The standard InChI is InChI=1S/C23H23FN4O2/c1-16(2)12-13-27-22(29)20-21(28(23(27)30)18-9-4-3-5-10-18)25-15-26(20)14-17-8-6-7-11-19(17)24/h3-11,15-16H,12-14H2,1-2H3. The number of hydrogen-bond acceptors (Lipinski definition) is 3. The molecule has 0 saturated heterocycles. The van der Waals surface area contributed by atoms with Gasteiger partial charge in [-0.05, 0) is 30.5 Å². The van der Waals surface area contributed by atoms with Gasteiger partial charge in [0.05, 0.1) is 18.6 Å². The van der Waals surface area contributed by atoms with E-state index in [1.807, 2.05) is 32.0 Å². The average molecular weight is 406 g/mol. The molecule has 4 rings (SSSR count). The minimum atomic E-state index is -0.421. The first-order valence-corrected chi connectivity index (χ1v) is 9.97. The number of imidazole rings is 1. The molecular weight excluding hydrogens is 383 g/mol. The Morgan fingerprint density at radius 2 is 1.70 bits per heavy atom. The van der Waals surface area contributed by atoms with E-state index in [0.29, 0.717) is 30.1 Å². The van der Waals surface area contributed by atoms with Gasteiger partial charge in [0.15, 0.2) is 11.2 Å². The van der Waals surface area contributed by atoms with Gasteiger partial charge in [-0.1, -0.05) is 50.2 Å². The topological polar surface area (TPSA) is 61.8 Å². The fraction of sp³-hybridized carbons (Fsp3) is 0.261. The maximum atomic E-state index is 14.2. The zero-order chi connectivity index (χ0) is 21.3. The summed E-state index contributed by atoms with van der Waals surface area (Å²) >= 11 is 0. The van der Waals surface area contributed by atoms with Crippen LogP contribution in [0.4, 0.5) is 4.39 Å². The molecule has 0 radical (unpaired) electrons. The number of para-hydroxylation sites is 1. The van der Waals surface area contributed by atoms with E-state index in [4.69, 9.17) is 0 Å². The summed E-state index contributed by atoms with van der Waals surface area (Å²) in [5.41, 5.74) is 0.801. The van der Waals surface area contributed by atoms with E-state index < -0.39 is 11.2 Å². The maximum Gasteiger partial charge on any atom is 0.337 e. The lowest BCUT2D eigenvalue weighted by Crippen LogP contribution is -2.40. The van der Waals surface area contributed by atoms with Crippen molar-refractivity contribution in [1.29, 1.82) is 0 Å². The van der Waals surface area contributed by atoms with Crippen LogP contribution >= 0.6 is 0 Å². The number of fused-ring (bicyclic) bond motifs is 1. The molecule has 7 heteroatoms. The van der Waals surface area contributed by atoms with Gasteiger partial charge in [-0.2, -0.15) is 0 Å². The Morgan fingerprint density at radius 1 is 1.00 bits per heavy atom. The highest BCUT2D eigenvalue weighted by Gasteiger charge is 2.19. The molecule has 0 aliphatic rings. The molecule has 154 valence electrons. The van der Waals surface area contributed by atoms with Crippen molar-refractivity contribution in [3.63, 3.8) is 0 Å². The van der Waals surface area contributed by atoms with Gasteiger partial charge in [-0.3, -0.25) is 9.36 Å². The quantitative estimate of drug-likeness (QED) is 0.492. The lowest BCUT2D eigenvalue weighted by molar-refractivity contribution is 0.491. The molecule has 0 N–H and O–H groups in total. The molecule has 0 unspecified atom stereocenters. The molecule has 0 spiro atoms. The maximum absolute atomic E-state index is 14.2. The van der Waals surface area contributed by atoms with E-state index in [0.717, 1.165) is 0 Å². The normalized spacial score (nSPS) is 11.5. The Kier molecular flexibility index (Phi) is 5.35. The molecule has 4 aromatic rings. The summed E-state index contributed by atoms with van der Waals surface area (Å²) < 4.78 is 18.5. The first-order chi connectivity index (χ1) is 14.5. The third-order valence-electron chi connectivity index (χ3n) is 5.14. The molecule has 0 saturated carbocycles. The van der Waals surface area contributed by atoms with Crippen LogP contribution in [0.15, 0.2) is 70.5 Å². The van der Waals surface area contributed by atoms with Gasteiger partial charge < -0.3 is 4.57 Å². The Hall–Kier alpha value is -3.48. The highest BCUT2D eigenvalue weighted by Crippen LogP contribution is 2.16. The molecule has 0 aliphatic carbocycles. The van der Waals surface area contributed by atoms with Gasteiger partial charge in [0.2, 0.25) is 0 Å². The first-order valence-electron chi connectivity index (χ1n) is 9.97. The van der Waals surface area contributed by atoms with Crippen molar-refractivity contribution < 1.29 is 4.39 Å². The highest BCUT2D eigenvalue weighted by atomic mass is 19.1. The Morgan fingerprint density at radius 3 is 2.40 bits per heavy atom. The van der Waals surface area contributed by atoms with Crippen molar-refractivity contribution in [2.45, 2.75) is 33.4 Å². The lowest BCUT2D eigenvalue weighted by atomic mass is 10.1. The van der Waals surface area contributed by atoms with Gasteiger partial charge >= 0.3 is 5.69 Å². The summed E-state index contributed by atoms with van der Waals surface area (Å²) in [6.07, 6.45) is 2.18. The zero-order valence-corrected chi connectivity index (χ0v) is 17.0. The van der Waals surface area contributed by atoms with E-state index in [-0.39, 0.29) is 23.5 Å². The molecule has 0 aliphatic heterocycles. The van der Waals surface area contributed by atoms with E-state index in [2.05, 4.69) is 4.98 Å². The number of aromatic nitrogens is 4. The summed E-state index contributed by atoms with van der Waals surface area (Å²) in [5.74, 6) is -0.0173. The number of nitrogens with zero attached hydrogens (tertiary/aromatic N) is 4. The van der Waals surface area contributed by atoms with Crippen molar-refractivity contribution in [1.82, 2.24) is 18.7 Å². The first kappa shape index (κ1) is 19.8. The minimum Gasteiger partial charge on any atom is -0.320 e. The molecule has 0 bridgehead atoms. The predicted molar refractivity (Wildman–Crippen MR) is 115 cm³/mol. The van der Waals surface area contributed by atoms with Crippen LogP contribution < -0.4 is 11.2 Å². The fourth-order valence-corrected chi connectivity index (χ4v) is 3.50. The SMILES string of the molecule is CC(C)CCn1c(=O)c2c(ncn2Cc2ccccc2F)n(-c2ccccc2)c1=O.